The molecule has 1 aliphatic rings. The minimum absolute atomic E-state index is 0.0545. The molecule has 2 atom stereocenters. The molecule has 0 bridgehead atoms. The maximum absolute atomic E-state index is 12.9. The van der Waals surface area contributed by atoms with E-state index >= 15 is 0 Å². The number of nitro groups is 1. The van der Waals surface area contributed by atoms with E-state index in [1.807, 2.05) is 44.2 Å². The SMILES string of the molecule is CC(C)C1C(=O)N(C)c2ccccc2C1c1cccc([N+](=O)[O-])c1. The molecule has 24 heavy (non-hydrogen) atoms. The molecule has 3 rings (SSSR count). The molecule has 2 aromatic carbocycles. The number of benzene rings is 2. The van der Waals surface area contributed by atoms with Crippen LogP contribution in [0, 0.1) is 22.0 Å². The number of carbonyl (C=O) groups is 1. The molecule has 0 aliphatic carbocycles. The molecule has 0 aromatic heterocycles. The summed E-state index contributed by atoms with van der Waals surface area (Å²) in [6, 6.07) is 14.4. The second kappa shape index (κ2) is 6.07. The smallest absolute Gasteiger partial charge is 0.269 e. The van der Waals surface area contributed by atoms with Gasteiger partial charge < -0.3 is 4.90 Å². The van der Waals surface area contributed by atoms with Crippen LogP contribution < -0.4 is 4.90 Å². The van der Waals surface area contributed by atoms with Gasteiger partial charge in [0.1, 0.15) is 0 Å². The van der Waals surface area contributed by atoms with E-state index in [2.05, 4.69) is 0 Å². The standard InChI is InChI=1S/C19H20N2O3/c1-12(2)17-18(13-7-6-8-14(11-13)21(23)24)15-9-4-5-10-16(15)20(3)19(17)22/h4-12,17-18H,1-3H3. The van der Waals surface area contributed by atoms with Gasteiger partial charge in [0.2, 0.25) is 5.91 Å². The van der Waals surface area contributed by atoms with Crippen molar-refractivity contribution < 1.29 is 9.72 Å². The topological polar surface area (TPSA) is 63.5 Å². The Hall–Kier alpha value is -2.69. The summed E-state index contributed by atoms with van der Waals surface area (Å²) >= 11 is 0. The van der Waals surface area contributed by atoms with E-state index in [1.165, 1.54) is 6.07 Å². The molecule has 5 nitrogen and oxygen atoms in total. The van der Waals surface area contributed by atoms with Crippen LogP contribution in [0.1, 0.15) is 30.9 Å². The average Bonchev–Trinajstić information content (AvgIpc) is 2.57. The van der Waals surface area contributed by atoms with Crippen LogP contribution in [0.15, 0.2) is 48.5 Å². The van der Waals surface area contributed by atoms with Crippen molar-refractivity contribution in [3.8, 4) is 0 Å². The van der Waals surface area contributed by atoms with E-state index in [0.29, 0.717) is 0 Å². The van der Waals surface area contributed by atoms with Gasteiger partial charge in [-0.05, 0) is 23.1 Å². The number of hydrogen-bond acceptors (Lipinski definition) is 3. The maximum Gasteiger partial charge on any atom is 0.269 e. The third kappa shape index (κ3) is 2.56. The molecule has 1 heterocycles. The number of anilines is 1. The third-order valence-electron chi connectivity index (χ3n) is 4.77. The van der Waals surface area contributed by atoms with Crippen molar-refractivity contribution in [1.82, 2.24) is 0 Å². The fourth-order valence-electron chi connectivity index (χ4n) is 3.62. The van der Waals surface area contributed by atoms with E-state index in [0.717, 1.165) is 16.8 Å². The van der Waals surface area contributed by atoms with Crippen LogP contribution in [0.5, 0.6) is 0 Å². The summed E-state index contributed by atoms with van der Waals surface area (Å²) in [6.45, 7) is 4.05. The number of fused-ring (bicyclic) bond motifs is 1. The Labute approximate surface area is 141 Å². The maximum atomic E-state index is 12.9. The molecule has 1 amide bonds. The molecule has 0 fully saturated rings. The molecule has 2 aromatic rings. The van der Waals surface area contributed by atoms with Gasteiger partial charge in [0.15, 0.2) is 0 Å². The molecule has 0 radical (unpaired) electrons. The molecule has 0 saturated heterocycles. The van der Waals surface area contributed by atoms with E-state index in [4.69, 9.17) is 0 Å². The highest BCUT2D eigenvalue weighted by atomic mass is 16.6. The van der Waals surface area contributed by atoms with Crippen LogP contribution in [0.3, 0.4) is 0 Å². The number of rotatable bonds is 3. The summed E-state index contributed by atoms with van der Waals surface area (Å²) in [7, 11) is 1.79. The van der Waals surface area contributed by atoms with Crippen molar-refractivity contribution in [2.45, 2.75) is 19.8 Å². The third-order valence-corrected chi connectivity index (χ3v) is 4.77. The van der Waals surface area contributed by atoms with E-state index in [-0.39, 0.29) is 29.3 Å². The number of nitro benzene ring substituents is 1. The lowest BCUT2D eigenvalue weighted by Gasteiger charge is -2.40. The summed E-state index contributed by atoms with van der Waals surface area (Å²) in [5, 5.41) is 11.1. The lowest BCUT2D eigenvalue weighted by atomic mass is 9.72. The van der Waals surface area contributed by atoms with Crippen LogP contribution in [0.2, 0.25) is 0 Å². The normalized spacial score (nSPS) is 20.2. The number of non-ortho nitro benzene ring substituents is 1. The highest BCUT2D eigenvalue weighted by Gasteiger charge is 2.41. The highest BCUT2D eigenvalue weighted by Crippen LogP contribution is 2.45. The number of hydrogen-bond donors (Lipinski definition) is 0. The molecule has 1 aliphatic heterocycles. The van der Waals surface area contributed by atoms with Gasteiger partial charge >= 0.3 is 0 Å². The van der Waals surface area contributed by atoms with Crippen molar-refractivity contribution in [3.63, 3.8) is 0 Å². The molecule has 0 spiro atoms. The van der Waals surface area contributed by atoms with Gasteiger partial charge in [-0.2, -0.15) is 0 Å². The second-order valence-corrected chi connectivity index (χ2v) is 6.56. The van der Waals surface area contributed by atoms with Gasteiger partial charge in [-0.15, -0.1) is 0 Å². The van der Waals surface area contributed by atoms with Crippen molar-refractivity contribution in [1.29, 1.82) is 0 Å². The quantitative estimate of drug-likeness (QED) is 0.634. The predicted molar refractivity (Wildman–Crippen MR) is 93.1 cm³/mol. The first kappa shape index (κ1) is 16.2. The van der Waals surface area contributed by atoms with Crippen molar-refractivity contribution in [2.24, 2.45) is 11.8 Å². The summed E-state index contributed by atoms with van der Waals surface area (Å²) in [5.41, 5.74) is 2.78. The van der Waals surface area contributed by atoms with Crippen LogP contribution >= 0.6 is 0 Å². The zero-order valence-corrected chi connectivity index (χ0v) is 14.0. The van der Waals surface area contributed by atoms with Crippen LogP contribution in [-0.4, -0.2) is 17.9 Å². The van der Waals surface area contributed by atoms with E-state index in [9.17, 15) is 14.9 Å². The first-order valence-electron chi connectivity index (χ1n) is 8.02. The van der Waals surface area contributed by atoms with Gasteiger partial charge in [-0.3, -0.25) is 14.9 Å². The Morgan fingerprint density at radius 2 is 1.83 bits per heavy atom. The van der Waals surface area contributed by atoms with Crippen molar-refractivity contribution in [3.05, 3.63) is 69.8 Å². The number of carbonyl (C=O) groups excluding carboxylic acids is 1. The molecule has 124 valence electrons. The van der Waals surface area contributed by atoms with E-state index < -0.39 is 4.92 Å². The zero-order valence-electron chi connectivity index (χ0n) is 14.0. The first-order chi connectivity index (χ1) is 11.4. The summed E-state index contributed by atoms with van der Waals surface area (Å²) in [5.74, 6) is -0.241. The fourth-order valence-corrected chi connectivity index (χ4v) is 3.62. The van der Waals surface area contributed by atoms with Gasteiger partial charge in [0, 0.05) is 30.8 Å². The summed E-state index contributed by atoms with van der Waals surface area (Å²) in [4.78, 5) is 25.4. The minimum Gasteiger partial charge on any atom is -0.315 e. The Morgan fingerprint density at radius 3 is 2.50 bits per heavy atom. The zero-order chi connectivity index (χ0) is 17.4. The number of para-hydroxylation sites is 1. The van der Waals surface area contributed by atoms with Gasteiger partial charge in [-0.25, -0.2) is 0 Å². The Kier molecular flexibility index (Phi) is 4.09. The second-order valence-electron chi connectivity index (χ2n) is 6.56. The minimum atomic E-state index is -0.392. The molecule has 5 heteroatoms. The van der Waals surface area contributed by atoms with Crippen LogP contribution in [-0.2, 0) is 4.79 Å². The van der Waals surface area contributed by atoms with E-state index in [1.54, 1.807) is 24.1 Å². The van der Waals surface area contributed by atoms with Gasteiger partial charge in [-0.1, -0.05) is 44.2 Å². The molecule has 0 saturated carbocycles. The Bertz CT molecular complexity index is 801. The summed E-state index contributed by atoms with van der Waals surface area (Å²) < 4.78 is 0. The summed E-state index contributed by atoms with van der Waals surface area (Å²) in [6.07, 6.45) is 0. The average molecular weight is 324 g/mol. The molecule has 0 N–H and O–H groups in total. The predicted octanol–water partition coefficient (Wildman–Crippen LogP) is 3.98. The lowest BCUT2D eigenvalue weighted by Crippen LogP contribution is -2.43. The van der Waals surface area contributed by atoms with Crippen LogP contribution in [0.4, 0.5) is 11.4 Å². The van der Waals surface area contributed by atoms with Crippen LogP contribution in [0.25, 0.3) is 0 Å². The number of amides is 1. The monoisotopic (exact) mass is 324 g/mol. The van der Waals surface area contributed by atoms with Crippen molar-refractivity contribution in [2.75, 3.05) is 11.9 Å². The van der Waals surface area contributed by atoms with Gasteiger partial charge in [0.25, 0.3) is 5.69 Å². The lowest BCUT2D eigenvalue weighted by molar-refractivity contribution is -0.384. The Morgan fingerprint density at radius 1 is 1.12 bits per heavy atom. The fraction of sp³-hybridized carbons (Fsp3) is 0.316. The number of nitrogens with zero attached hydrogens (tertiary/aromatic N) is 2. The Balaban J connectivity index is 2.22. The molecular formula is C19H20N2O3. The highest BCUT2D eigenvalue weighted by molar-refractivity contribution is 5.99. The van der Waals surface area contributed by atoms with Crippen molar-refractivity contribution >= 4 is 17.3 Å². The first-order valence-corrected chi connectivity index (χ1v) is 8.02. The largest absolute Gasteiger partial charge is 0.315 e. The van der Waals surface area contributed by atoms with Gasteiger partial charge in [0.05, 0.1) is 10.8 Å². The molecular weight excluding hydrogens is 304 g/mol. The molecule has 2 unspecified atom stereocenters.